The van der Waals surface area contributed by atoms with Gasteiger partial charge in [-0.3, -0.25) is 10.3 Å². The number of aliphatic imine (C=N–C) groups is 1. The van der Waals surface area contributed by atoms with Gasteiger partial charge in [-0.1, -0.05) is 0 Å². The summed E-state index contributed by atoms with van der Waals surface area (Å²) in [6.45, 7) is 0. The van der Waals surface area contributed by atoms with Crippen molar-refractivity contribution in [3.05, 3.63) is 0 Å². The first kappa shape index (κ1) is 9.09. The van der Waals surface area contributed by atoms with Gasteiger partial charge in [0.05, 0.1) is 0 Å². The molecule has 0 spiro atoms. The Bertz CT molecular complexity index is 147. The summed E-state index contributed by atoms with van der Waals surface area (Å²) in [6.07, 6.45) is -0.668. The van der Waals surface area contributed by atoms with Gasteiger partial charge in [0, 0.05) is 27.0 Å². The average Bonchev–Trinajstić information content (AvgIpc) is 1.99. The Labute approximate surface area is 64.5 Å². The number of carbonyl (C=O) groups excluding carboxylic acids is 1. The highest BCUT2D eigenvalue weighted by molar-refractivity contribution is 7.75. The summed E-state index contributed by atoms with van der Waals surface area (Å²) in [5, 5.41) is 4.89. The van der Waals surface area contributed by atoms with Gasteiger partial charge in [-0.25, -0.2) is 4.79 Å². The number of hydrogen-bond donors (Lipinski definition) is 3. The van der Waals surface area contributed by atoms with Crippen LogP contribution in [-0.2, 0) is 4.18 Å². The van der Waals surface area contributed by atoms with Crippen LogP contribution < -0.4 is 10.6 Å². The summed E-state index contributed by atoms with van der Waals surface area (Å²) in [5.74, 6) is 0.332. The zero-order valence-electron chi connectivity index (χ0n) is 5.71. The number of nitrogens with one attached hydrogen (secondary N) is 2. The van der Waals surface area contributed by atoms with E-state index >= 15 is 0 Å². The highest BCUT2D eigenvalue weighted by atomic mass is 32.1. The molecule has 58 valence electrons. The first-order valence-electron chi connectivity index (χ1n) is 2.51. The zero-order chi connectivity index (χ0) is 7.98. The van der Waals surface area contributed by atoms with E-state index in [1.54, 1.807) is 7.05 Å². The van der Waals surface area contributed by atoms with E-state index in [4.69, 9.17) is 0 Å². The molecular weight excluding hydrogens is 154 g/mol. The molecule has 6 heteroatoms. The maximum absolute atomic E-state index is 10.4. The van der Waals surface area contributed by atoms with Crippen LogP contribution in [0.4, 0.5) is 4.79 Å². The molecule has 0 saturated carbocycles. The molecule has 0 unspecified atom stereocenters. The van der Waals surface area contributed by atoms with Crippen LogP contribution in [0, 0.1) is 0 Å². The van der Waals surface area contributed by atoms with Gasteiger partial charge in [0.25, 0.3) is 0 Å². The zero-order valence-corrected chi connectivity index (χ0v) is 6.61. The lowest BCUT2D eigenvalue weighted by Gasteiger charge is -2.03. The SMILES string of the molecule is CN=C(NC)NC(=O)OS. The van der Waals surface area contributed by atoms with Crippen LogP contribution in [0.5, 0.6) is 0 Å². The van der Waals surface area contributed by atoms with Gasteiger partial charge in [-0.15, -0.1) is 0 Å². The van der Waals surface area contributed by atoms with Gasteiger partial charge in [-0.05, 0) is 0 Å². The minimum atomic E-state index is -0.668. The smallest absolute Gasteiger partial charge is 0.378 e. The number of carbonyl (C=O) groups is 1. The molecule has 0 aliphatic rings. The van der Waals surface area contributed by atoms with Gasteiger partial charge in [0.15, 0.2) is 5.96 Å². The van der Waals surface area contributed by atoms with E-state index in [0.717, 1.165) is 0 Å². The van der Waals surface area contributed by atoms with Crippen LogP contribution >= 0.6 is 12.9 Å². The first-order valence-corrected chi connectivity index (χ1v) is 2.88. The normalized spacial score (nSPS) is 10.5. The quantitative estimate of drug-likeness (QED) is 0.200. The van der Waals surface area contributed by atoms with Crippen LogP contribution in [0.1, 0.15) is 0 Å². The molecule has 0 aromatic carbocycles. The molecule has 0 heterocycles. The fourth-order valence-electron chi connectivity index (χ4n) is 0.350. The Kier molecular flexibility index (Phi) is 4.47. The molecule has 0 aromatic heterocycles. The molecule has 0 radical (unpaired) electrons. The largest absolute Gasteiger partial charge is 0.425 e. The van der Waals surface area contributed by atoms with Crippen LogP contribution in [0.2, 0.25) is 0 Å². The standard InChI is InChI=1S/C4H9N3O2S/c1-5-3(6-2)7-4(8)9-10/h10H,1-2H3,(H2,5,6,7,8). The maximum Gasteiger partial charge on any atom is 0.425 e. The number of thiol groups is 1. The van der Waals surface area contributed by atoms with Crippen molar-refractivity contribution in [2.45, 2.75) is 0 Å². The van der Waals surface area contributed by atoms with E-state index in [1.807, 2.05) is 0 Å². The van der Waals surface area contributed by atoms with Gasteiger partial charge in [-0.2, -0.15) is 0 Å². The van der Waals surface area contributed by atoms with Crippen molar-refractivity contribution >= 4 is 25.0 Å². The lowest BCUT2D eigenvalue weighted by Crippen LogP contribution is -2.38. The Morgan fingerprint density at radius 2 is 2.30 bits per heavy atom. The van der Waals surface area contributed by atoms with E-state index in [2.05, 4.69) is 32.7 Å². The van der Waals surface area contributed by atoms with Gasteiger partial charge < -0.3 is 9.50 Å². The number of nitrogens with zero attached hydrogens (tertiary/aromatic N) is 1. The second kappa shape index (κ2) is 4.92. The van der Waals surface area contributed by atoms with Crippen LogP contribution in [0.25, 0.3) is 0 Å². The van der Waals surface area contributed by atoms with Gasteiger partial charge in [0.2, 0.25) is 0 Å². The maximum atomic E-state index is 10.4. The van der Waals surface area contributed by atoms with E-state index in [1.165, 1.54) is 7.05 Å². The third kappa shape index (κ3) is 3.18. The summed E-state index contributed by atoms with van der Waals surface area (Å²) in [4.78, 5) is 14.1. The van der Waals surface area contributed by atoms with Crippen molar-refractivity contribution in [2.75, 3.05) is 14.1 Å². The monoisotopic (exact) mass is 163 g/mol. The van der Waals surface area contributed by atoms with Gasteiger partial charge in [0.1, 0.15) is 0 Å². The molecule has 0 aliphatic carbocycles. The lowest BCUT2D eigenvalue weighted by molar-refractivity contribution is 0.214. The predicted molar refractivity (Wildman–Crippen MR) is 41.0 cm³/mol. The average molecular weight is 163 g/mol. The summed E-state index contributed by atoms with van der Waals surface area (Å²) in [5.41, 5.74) is 0. The Balaban J connectivity index is 3.76. The summed E-state index contributed by atoms with van der Waals surface area (Å²) >= 11 is 3.27. The number of guanidine groups is 1. The molecule has 10 heavy (non-hydrogen) atoms. The highest BCUT2D eigenvalue weighted by Gasteiger charge is 2.00. The molecular formula is C4H9N3O2S. The molecule has 0 saturated heterocycles. The minimum Gasteiger partial charge on any atom is -0.378 e. The Morgan fingerprint density at radius 1 is 1.70 bits per heavy atom. The Morgan fingerprint density at radius 3 is 2.60 bits per heavy atom. The van der Waals surface area contributed by atoms with E-state index in [0.29, 0.717) is 5.96 Å². The van der Waals surface area contributed by atoms with E-state index in [-0.39, 0.29) is 0 Å². The third-order valence-electron chi connectivity index (χ3n) is 0.764. The van der Waals surface area contributed by atoms with Crippen LogP contribution in [-0.4, -0.2) is 26.1 Å². The van der Waals surface area contributed by atoms with Gasteiger partial charge >= 0.3 is 6.09 Å². The topological polar surface area (TPSA) is 62.7 Å². The first-order chi connectivity index (χ1) is 4.74. The number of amides is 1. The lowest BCUT2D eigenvalue weighted by atomic mass is 10.9. The van der Waals surface area contributed by atoms with Crippen molar-refractivity contribution in [3.63, 3.8) is 0 Å². The molecule has 0 fully saturated rings. The molecule has 1 amide bonds. The summed E-state index contributed by atoms with van der Waals surface area (Å²) in [7, 11) is 3.16. The number of rotatable bonds is 0. The van der Waals surface area contributed by atoms with E-state index in [9.17, 15) is 4.79 Å². The summed E-state index contributed by atoms with van der Waals surface area (Å²) in [6, 6.07) is 0. The predicted octanol–water partition coefficient (Wildman–Crippen LogP) is -0.237. The third-order valence-corrected chi connectivity index (χ3v) is 0.930. The second-order valence-electron chi connectivity index (χ2n) is 1.33. The van der Waals surface area contributed by atoms with Crippen LogP contribution in [0.15, 0.2) is 4.99 Å². The minimum absolute atomic E-state index is 0.332. The number of hydrogen-bond acceptors (Lipinski definition) is 4. The molecule has 0 rings (SSSR count). The van der Waals surface area contributed by atoms with Crippen molar-refractivity contribution in [1.82, 2.24) is 10.6 Å². The van der Waals surface area contributed by atoms with Crippen molar-refractivity contribution < 1.29 is 8.98 Å². The summed E-state index contributed by atoms with van der Waals surface area (Å²) < 4.78 is 4.01. The molecule has 5 nitrogen and oxygen atoms in total. The van der Waals surface area contributed by atoms with Crippen LogP contribution in [0.3, 0.4) is 0 Å². The highest BCUT2D eigenvalue weighted by Crippen LogP contribution is 1.78. The molecule has 2 N–H and O–H groups in total. The fraction of sp³-hybridized carbons (Fsp3) is 0.500. The Hall–Kier alpha value is -0.910. The second-order valence-corrected chi connectivity index (χ2v) is 1.51. The van der Waals surface area contributed by atoms with Crippen molar-refractivity contribution in [1.29, 1.82) is 0 Å². The van der Waals surface area contributed by atoms with Crippen molar-refractivity contribution in [2.24, 2.45) is 4.99 Å². The fourth-order valence-corrected chi connectivity index (χ4v) is 0.395. The molecule has 0 bridgehead atoms. The van der Waals surface area contributed by atoms with Crippen molar-refractivity contribution in [3.8, 4) is 0 Å². The molecule has 0 atom stereocenters. The molecule has 0 aromatic rings. The molecule has 0 aliphatic heterocycles. The van der Waals surface area contributed by atoms with E-state index < -0.39 is 6.09 Å².